The van der Waals surface area contributed by atoms with Gasteiger partial charge in [0.2, 0.25) is 5.91 Å². The molecule has 2 amide bonds. The Morgan fingerprint density at radius 1 is 1.09 bits per heavy atom. The highest BCUT2D eigenvalue weighted by atomic mass is 16.5. The number of hydrogen-bond acceptors (Lipinski definition) is 5. The summed E-state index contributed by atoms with van der Waals surface area (Å²) in [4.78, 5) is 31.3. The monoisotopic (exact) mass is 465 g/mol. The standard InChI is InChI=1S/C27H35N3O4/c1-5-29(6-2)14-9-13-28-26(31)24-19-10-7-8-11-20(19)27(32)30-15-12-18-16-22(33-3)23(34-4)17-21(18)25(24)30/h7-8,10-11,16-17,24-25H,5-6,9,12-15H2,1-4H3,(H,28,31)/t24-,25-/m0/s1. The van der Waals surface area contributed by atoms with Crippen molar-refractivity contribution in [3.05, 3.63) is 58.7 Å². The lowest BCUT2D eigenvalue weighted by Gasteiger charge is -2.45. The van der Waals surface area contributed by atoms with Crippen LogP contribution >= 0.6 is 0 Å². The maximum atomic E-state index is 13.7. The minimum Gasteiger partial charge on any atom is -0.493 e. The summed E-state index contributed by atoms with van der Waals surface area (Å²) in [7, 11) is 3.22. The van der Waals surface area contributed by atoms with Crippen LogP contribution in [-0.4, -0.2) is 68.6 Å². The highest BCUT2D eigenvalue weighted by Crippen LogP contribution is 2.48. The number of nitrogens with zero attached hydrogens (tertiary/aromatic N) is 2. The van der Waals surface area contributed by atoms with E-state index in [2.05, 4.69) is 24.1 Å². The van der Waals surface area contributed by atoms with Crippen LogP contribution in [-0.2, 0) is 11.2 Å². The van der Waals surface area contributed by atoms with Crippen LogP contribution < -0.4 is 14.8 Å². The van der Waals surface area contributed by atoms with Crippen LogP contribution in [0.4, 0.5) is 0 Å². The summed E-state index contributed by atoms with van der Waals surface area (Å²) in [6, 6.07) is 11.1. The first-order valence-electron chi connectivity index (χ1n) is 12.2. The Balaban J connectivity index is 1.69. The molecule has 0 fully saturated rings. The minimum absolute atomic E-state index is 0.0216. The van der Waals surface area contributed by atoms with Crippen molar-refractivity contribution in [2.24, 2.45) is 0 Å². The molecule has 2 aliphatic rings. The van der Waals surface area contributed by atoms with Crippen LogP contribution in [0, 0.1) is 0 Å². The van der Waals surface area contributed by atoms with E-state index in [4.69, 9.17) is 9.47 Å². The van der Waals surface area contributed by atoms with Gasteiger partial charge in [-0.25, -0.2) is 0 Å². The summed E-state index contributed by atoms with van der Waals surface area (Å²) >= 11 is 0. The van der Waals surface area contributed by atoms with Crippen molar-refractivity contribution in [1.82, 2.24) is 15.1 Å². The van der Waals surface area contributed by atoms with Gasteiger partial charge in [-0.2, -0.15) is 0 Å². The van der Waals surface area contributed by atoms with Gasteiger partial charge in [0, 0.05) is 18.7 Å². The van der Waals surface area contributed by atoms with Crippen molar-refractivity contribution in [3.8, 4) is 11.5 Å². The van der Waals surface area contributed by atoms with Crippen LogP contribution in [0.1, 0.15) is 59.3 Å². The van der Waals surface area contributed by atoms with E-state index in [-0.39, 0.29) is 17.9 Å². The van der Waals surface area contributed by atoms with Gasteiger partial charge in [-0.1, -0.05) is 32.0 Å². The zero-order valence-corrected chi connectivity index (χ0v) is 20.6. The van der Waals surface area contributed by atoms with Crippen molar-refractivity contribution in [2.45, 2.75) is 38.6 Å². The van der Waals surface area contributed by atoms with E-state index in [0.29, 0.717) is 36.6 Å². The molecule has 0 bridgehead atoms. The van der Waals surface area contributed by atoms with Crippen LogP contribution in [0.5, 0.6) is 11.5 Å². The average Bonchev–Trinajstić information content (AvgIpc) is 2.87. The zero-order chi connectivity index (χ0) is 24.2. The largest absolute Gasteiger partial charge is 0.493 e. The molecule has 2 heterocycles. The van der Waals surface area contributed by atoms with Crippen molar-refractivity contribution in [2.75, 3.05) is 46.9 Å². The van der Waals surface area contributed by atoms with E-state index < -0.39 is 5.92 Å². The molecule has 0 saturated carbocycles. The van der Waals surface area contributed by atoms with Gasteiger partial charge < -0.3 is 24.6 Å². The molecule has 0 unspecified atom stereocenters. The van der Waals surface area contributed by atoms with E-state index in [1.54, 1.807) is 14.2 Å². The summed E-state index contributed by atoms with van der Waals surface area (Å²) in [6.45, 7) is 8.41. The van der Waals surface area contributed by atoms with E-state index in [1.165, 1.54) is 0 Å². The fourth-order valence-corrected chi connectivity index (χ4v) is 5.30. The Hall–Kier alpha value is -3.06. The molecular formula is C27H35N3O4. The van der Waals surface area contributed by atoms with Crippen molar-refractivity contribution < 1.29 is 19.1 Å². The SMILES string of the molecule is CCN(CC)CCCNC(=O)[C@H]1c2ccccc2C(=O)N2CCc3cc(OC)c(OC)cc3[C@@H]12. The second-order valence-corrected chi connectivity index (χ2v) is 8.84. The number of methoxy groups -OCH3 is 2. The maximum absolute atomic E-state index is 13.7. The molecule has 0 aromatic heterocycles. The third kappa shape index (κ3) is 4.37. The first-order chi connectivity index (χ1) is 16.5. The maximum Gasteiger partial charge on any atom is 0.254 e. The van der Waals surface area contributed by atoms with Gasteiger partial charge in [-0.15, -0.1) is 0 Å². The van der Waals surface area contributed by atoms with Gasteiger partial charge in [0.05, 0.1) is 26.2 Å². The molecule has 0 saturated heterocycles. The number of hydrogen-bond donors (Lipinski definition) is 1. The Labute approximate surface area is 202 Å². The lowest BCUT2D eigenvalue weighted by molar-refractivity contribution is -0.124. The molecule has 34 heavy (non-hydrogen) atoms. The van der Waals surface area contributed by atoms with Crippen molar-refractivity contribution in [1.29, 1.82) is 0 Å². The molecule has 2 atom stereocenters. The third-order valence-corrected chi connectivity index (χ3v) is 7.15. The van der Waals surface area contributed by atoms with Crippen LogP contribution in [0.25, 0.3) is 0 Å². The van der Waals surface area contributed by atoms with E-state index >= 15 is 0 Å². The fraction of sp³-hybridized carbons (Fsp3) is 0.481. The van der Waals surface area contributed by atoms with Gasteiger partial charge in [0.1, 0.15) is 0 Å². The van der Waals surface area contributed by atoms with E-state index in [0.717, 1.165) is 42.7 Å². The lowest BCUT2D eigenvalue weighted by Crippen LogP contribution is -2.50. The number of nitrogens with one attached hydrogen (secondary N) is 1. The minimum atomic E-state index is -0.487. The lowest BCUT2D eigenvalue weighted by atomic mass is 9.75. The summed E-state index contributed by atoms with van der Waals surface area (Å²) in [5.41, 5.74) is 3.45. The molecule has 0 spiro atoms. The molecule has 2 aromatic carbocycles. The van der Waals surface area contributed by atoms with Gasteiger partial charge in [0.25, 0.3) is 5.91 Å². The highest BCUT2D eigenvalue weighted by molar-refractivity contribution is 6.01. The predicted octanol–water partition coefficient (Wildman–Crippen LogP) is 3.39. The van der Waals surface area contributed by atoms with Crippen LogP contribution in [0.15, 0.2) is 36.4 Å². The van der Waals surface area contributed by atoms with E-state index in [1.807, 2.05) is 41.3 Å². The topological polar surface area (TPSA) is 71.1 Å². The Kier molecular flexibility index (Phi) is 7.41. The number of ether oxygens (including phenoxy) is 2. The van der Waals surface area contributed by atoms with Gasteiger partial charge >= 0.3 is 0 Å². The van der Waals surface area contributed by atoms with Gasteiger partial charge in [-0.05, 0) is 67.4 Å². The number of carbonyl (C=O) groups is 2. The summed E-state index contributed by atoms with van der Waals surface area (Å²) in [5, 5.41) is 3.17. The fourth-order valence-electron chi connectivity index (χ4n) is 5.30. The second kappa shape index (κ2) is 10.5. The third-order valence-electron chi connectivity index (χ3n) is 7.15. The van der Waals surface area contributed by atoms with Crippen LogP contribution in [0.2, 0.25) is 0 Å². The van der Waals surface area contributed by atoms with Crippen LogP contribution in [0.3, 0.4) is 0 Å². The van der Waals surface area contributed by atoms with Gasteiger partial charge in [0.15, 0.2) is 11.5 Å². The molecular weight excluding hydrogens is 430 g/mol. The predicted molar refractivity (Wildman–Crippen MR) is 132 cm³/mol. The molecule has 0 radical (unpaired) electrons. The molecule has 182 valence electrons. The second-order valence-electron chi connectivity index (χ2n) is 8.84. The summed E-state index contributed by atoms with van der Waals surface area (Å²) in [6.07, 6.45) is 1.59. The zero-order valence-electron chi connectivity index (χ0n) is 20.6. The van der Waals surface area contributed by atoms with E-state index in [9.17, 15) is 9.59 Å². The molecule has 2 aliphatic heterocycles. The number of benzene rings is 2. The molecule has 0 aliphatic carbocycles. The Morgan fingerprint density at radius 3 is 2.50 bits per heavy atom. The van der Waals surface area contributed by atoms with Crippen molar-refractivity contribution in [3.63, 3.8) is 0 Å². The summed E-state index contributed by atoms with van der Waals surface area (Å²) < 4.78 is 11.1. The van der Waals surface area contributed by atoms with Gasteiger partial charge in [-0.3, -0.25) is 9.59 Å². The molecule has 2 aromatic rings. The number of carbonyl (C=O) groups excluding carboxylic acids is 2. The smallest absolute Gasteiger partial charge is 0.254 e. The number of fused-ring (bicyclic) bond motifs is 4. The molecule has 4 rings (SSSR count). The molecule has 7 nitrogen and oxygen atoms in total. The van der Waals surface area contributed by atoms with Crippen molar-refractivity contribution >= 4 is 11.8 Å². The number of rotatable bonds is 9. The normalized spacial score (nSPS) is 18.7. The average molecular weight is 466 g/mol. The summed E-state index contributed by atoms with van der Waals surface area (Å²) in [5.74, 6) is 0.714. The Morgan fingerprint density at radius 2 is 1.79 bits per heavy atom. The molecule has 7 heteroatoms. The Bertz CT molecular complexity index is 1050. The molecule has 1 N–H and O–H groups in total. The first kappa shape index (κ1) is 24.1. The first-order valence-corrected chi connectivity index (χ1v) is 12.2. The quantitative estimate of drug-likeness (QED) is 0.575. The highest BCUT2D eigenvalue weighted by Gasteiger charge is 2.46. The number of amides is 2.